The van der Waals surface area contributed by atoms with Crippen molar-refractivity contribution in [3.8, 4) is 5.75 Å². The summed E-state index contributed by atoms with van der Waals surface area (Å²) in [6.07, 6.45) is 0.175. The Labute approximate surface area is 92.0 Å². The summed E-state index contributed by atoms with van der Waals surface area (Å²) in [5.41, 5.74) is 0.991. The van der Waals surface area contributed by atoms with Gasteiger partial charge in [0.2, 0.25) is 0 Å². The first kappa shape index (κ1) is 12.2. The Balaban J connectivity index is 2.75. The number of ether oxygens (including phenoxy) is 1. The summed E-state index contributed by atoms with van der Waals surface area (Å²) >= 11 is 0. The molecule has 1 aromatic carbocycles. The highest BCUT2D eigenvalue weighted by Crippen LogP contribution is 2.25. The molecule has 1 N–H and O–H groups in total. The van der Waals surface area contributed by atoms with Crippen molar-refractivity contribution in [3.63, 3.8) is 0 Å². The first-order chi connectivity index (χ1) is 7.17. The van der Waals surface area contributed by atoms with E-state index in [2.05, 4.69) is 5.32 Å². The molecule has 0 radical (unpaired) electrons. The molecule has 0 saturated carbocycles. The number of benzene rings is 1. The monoisotopic (exact) mass is 225 g/mol. The summed E-state index contributed by atoms with van der Waals surface area (Å²) in [6, 6.07) is 7.63. The van der Waals surface area contributed by atoms with Crippen molar-refractivity contribution in [1.82, 2.24) is 5.32 Å². The van der Waals surface area contributed by atoms with Crippen LogP contribution in [0.4, 0.5) is 0 Å². The van der Waals surface area contributed by atoms with Gasteiger partial charge in [0.15, 0.2) is 8.46 Å². The van der Waals surface area contributed by atoms with E-state index in [9.17, 15) is 4.57 Å². The van der Waals surface area contributed by atoms with E-state index in [4.69, 9.17) is 4.74 Å². The van der Waals surface area contributed by atoms with Gasteiger partial charge < -0.3 is 10.1 Å². The van der Waals surface area contributed by atoms with Gasteiger partial charge in [0.05, 0.1) is 6.10 Å². The fourth-order valence-electron chi connectivity index (χ4n) is 1.28. The molecule has 3 nitrogen and oxygen atoms in total. The largest absolute Gasteiger partial charge is 0.491 e. The third-order valence-corrected chi connectivity index (χ3v) is 2.71. The Bertz CT molecular complexity index is 311. The van der Waals surface area contributed by atoms with Crippen molar-refractivity contribution in [1.29, 1.82) is 0 Å². The zero-order chi connectivity index (χ0) is 11.3. The van der Waals surface area contributed by atoms with Crippen molar-refractivity contribution in [3.05, 3.63) is 29.8 Å². The summed E-state index contributed by atoms with van der Waals surface area (Å²) in [7, 11) is 1.86. The molecule has 0 saturated heterocycles. The van der Waals surface area contributed by atoms with Gasteiger partial charge in [-0.1, -0.05) is 12.1 Å². The van der Waals surface area contributed by atoms with E-state index in [1.54, 1.807) is 7.05 Å². The molecule has 0 aromatic heterocycles. The van der Waals surface area contributed by atoms with Crippen LogP contribution in [0.3, 0.4) is 0 Å². The van der Waals surface area contributed by atoms with Gasteiger partial charge in [-0.2, -0.15) is 0 Å². The third-order valence-electron chi connectivity index (χ3n) is 1.95. The molecule has 0 aliphatic carbocycles. The minimum Gasteiger partial charge on any atom is -0.491 e. The lowest BCUT2D eigenvalue weighted by molar-refractivity contribution is 0.242. The minimum absolute atomic E-state index is 0.0790. The van der Waals surface area contributed by atoms with E-state index < -0.39 is 0 Å². The molecular weight excluding hydrogens is 209 g/mol. The fraction of sp³-hybridized carbons (Fsp3) is 0.455. The summed E-state index contributed by atoms with van der Waals surface area (Å²) in [5, 5.41) is 2.96. The Morgan fingerprint density at radius 3 is 2.27 bits per heavy atom. The van der Waals surface area contributed by atoms with E-state index in [1.165, 1.54) is 0 Å². The van der Waals surface area contributed by atoms with Crippen molar-refractivity contribution in [2.24, 2.45) is 0 Å². The highest BCUT2D eigenvalue weighted by Gasteiger charge is 2.08. The SMILES string of the molecule is CNC(P=O)c1ccc(OC(C)C)cc1. The lowest BCUT2D eigenvalue weighted by Crippen LogP contribution is -2.10. The van der Waals surface area contributed by atoms with Gasteiger partial charge in [-0.25, -0.2) is 0 Å². The first-order valence-corrected chi connectivity index (χ1v) is 5.82. The Morgan fingerprint density at radius 2 is 1.87 bits per heavy atom. The predicted molar refractivity (Wildman–Crippen MR) is 61.6 cm³/mol. The smallest absolute Gasteiger partial charge is 0.179 e. The molecule has 1 unspecified atom stereocenters. The highest BCUT2D eigenvalue weighted by molar-refractivity contribution is 7.24. The van der Waals surface area contributed by atoms with E-state index in [0.29, 0.717) is 0 Å². The van der Waals surface area contributed by atoms with Crippen molar-refractivity contribution in [2.45, 2.75) is 25.7 Å². The maximum Gasteiger partial charge on any atom is 0.179 e. The van der Waals surface area contributed by atoms with Gasteiger partial charge >= 0.3 is 0 Å². The molecule has 0 aliphatic heterocycles. The van der Waals surface area contributed by atoms with Crippen LogP contribution in [0.5, 0.6) is 5.75 Å². The van der Waals surface area contributed by atoms with Crippen LogP contribution >= 0.6 is 8.46 Å². The summed E-state index contributed by atoms with van der Waals surface area (Å²) in [6.45, 7) is 3.97. The quantitative estimate of drug-likeness (QED) is 0.783. The van der Waals surface area contributed by atoms with Crippen LogP contribution in [0.15, 0.2) is 24.3 Å². The number of hydrogen-bond acceptors (Lipinski definition) is 3. The minimum atomic E-state index is -0.141. The van der Waals surface area contributed by atoms with Crippen LogP contribution in [-0.4, -0.2) is 13.2 Å². The maximum absolute atomic E-state index is 10.8. The molecular formula is C11H16NO2P. The van der Waals surface area contributed by atoms with Crippen molar-refractivity contribution < 1.29 is 9.30 Å². The summed E-state index contributed by atoms with van der Waals surface area (Å²) in [4.78, 5) is 0. The van der Waals surface area contributed by atoms with Crippen LogP contribution < -0.4 is 10.1 Å². The number of nitrogens with one attached hydrogen (secondary N) is 1. The van der Waals surface area contributed by atoms with Crippen LogP contribution in [0, 0.1) is 0 Å². The molecule has 0 fully saturated rings. The normalized spacial score (nSPS) is 13.1. The highest BCUT2D eigenvalue weighted by atomic mass is 31.1. The molecule has 1 aromatic rings. The number of hydrogen-bond donors (Lipinski definition) is 1. The van der Waals surface area contributed by atoms with E-state index in [-0.39, 0.29) is 20.3 Å². The molecule has 82 valence electrons. The molecule has 4 heteroatoms. The van der Waals surface area contributed by atoms with E-state index in [1.807, 2.05) is 38.1 Å². The predicted octanol–water partition coefficient (Wildman–Crippen LogP) is 2.98. The van der Waals surface area contributed by atoms with Crippen LogP contribution in [0.2, 0.25) is 0 Å². The average Bonchev–Trinajstić information content (AvgIpc) is 2.21. The van der Waals surface area contributed by atoms with Gasteiger partial charge in [0.25, 0.3) is 0 Å². The molecule has 1 rings (SSSR count). The lowest BCUT2D eigenvalue weighted by atomic mass is 10.2. The number of rotatable bonds is 5. The van der Waals surface area contributed by atoms with Gasteiger partial charge in [-0.3, -0.25) is 4.57 Å². The van der Waals surface area contributed by atoms with Crippen molar-refractivity contribution >= 4 is 8.46 Å². The maximum atomic E-state index is 10.8. The van der Waals surface area contributed by atoms with Gasteiger partial charge in [0, 0.05) is 0 Å². The van der Waals surface area contributed by atoms with Gasteiger partial charge in [0.1, 0.15) is 11.5 Å². The topological polar surface area (TPSA) is 38.3 Å². The standard InChI is InChI=1S/C11H16NO2P/c1-8(2)14-10-6-4-9(5-7-10)11(12-3)15-13/h4-8,11-12H,1-3H3. The average molecular weight is 225 g/mol. The summed E-state index contributed by atoms with van der Waals surface area (Å²) < 4.78 is 16.3. The van der Waals surface area contributed by atoms with Crippen LogP contribution in [0.25, 0.3) is 0 Å². The van der Waals surface area contributed by atoms with Gasteiger partial charge in [-0.05, 0) is 38.6 Å². The Hall–Kier alpha value is -0.920. The van der Waals surface area contributed by atoms with Gasteiger partial charge in [-0.15, -0.1) is 0 Å². The van der Waals surface area contributed by atoms with Crippen LogP contribution in [0.1, 0.15) is 25.2 Å². The second-order valence-electron chi connectivity index (χ2n) is 3.53. The Kier molecular flexibility index (Phi) is 4.73. The lowest BCUT2D eigenvalue weighted by Gasteiger charge is -2.12. The van der Waals surface area contributed by atoms with E-state index >= 15 is 0 Å². The molecule has 0 amide bonds. The molecule has 0 bridgehead atoms. The summed E-state index contributed by atoms with van der Waals surface area (Å²) in [5.74, 6) is 0.698. The van der Waals surface area contributed by atoms with Crippen molar-refractivity contribution in [2.75, 3.05) is 7.05 Å². The van der Waals surface area contributed by atoms with Crippen LogP contribution in [-0.2, 0) is 4.57 Å². The first-order valence-electron chi connectivity index (χ1n) is 4.93. The Morgan fingerprint density at radius 1 is 1.27 bits per heavy atom. The zero-order valence-electron chi connectivity index (χ0n) is 9.23. The molecule has 0 heterocycles. The second kappa shape index (κ2) is 5.84. The second-order valence-corrected chi connectivity index (χ2v) is 4.26. The molecule has 15 heavy (non-hydrogen) atoms. The van der Waals surface area contributed by atoms with E-state index in [0.717, 1.165) is 11.3 Å². The molecule has 0 spiro atoms. The fourth-order valence-corrected chi connectivity index (χ4v) is 1.68. The third kappa shape index (κ3) is 3.61. The zero-order valence-corrected chi connectivity index (χ0v) is 10.1. The molecule has 0 aliphatic rings. The molecule has 1 atom stereocenters.